The number of halogens is 1. The normalized spacial score (nSPS) is 17.4. The van der Waals surface area contributed by atoms with Crippen LogP contribution in [0.2, 0.25) is 5.02 Å². The minimum atomic E-state index is -0.521. The summed E-state index contributed by atoms with van der Waals surface area (Å²) >= 11 is 6.30. The van der Waals surface area contributed by atoms with Gasteiger partial charge in [-0.3, -0.25) is 0 Å². The van der Waals surface area contributed by atoms with Gasteiger partial charge in [0.1, 0.15) is 11.1 Å². The Bertz CT molecular complexity index is 1060. The summed E-state index contributed by atoms with van der Waals surface area (Å²) in [6.45, 7) is 9.24. The van der Waals surface area contributed by atoms with Crippen molar-refractivity contribution in [3.05, 3.63) is 35.6 Å². The molecular formula is C21H24ClN5O3. The van der Waals surface area contributed by atoms with Gasteiger partial charge in [0.2, 0.25) is 0 Å². The second-order valence-electron chi connectivity index (χ2n) is 8.34. The molecule has 1 atom stereocenters. The van der Waals surface area contributed by atoms with E-state index in [0.717, 1.165) is 0 Å². The molecule has 1 amide bonds. The minimum Gasteiger partial charge on any atom is -0.444 e. The number of fused-ring (bicyclic) bond motifs is 1. The second-order valence-corrected chi connectivity index (χ2v) is 8.78. The Hall–Kier alpha value is -2.87. The number of nitrogens with zero attached hydrogens (tertiary/aromatic N) is 5. The van der Waals surface area contributed by atoms with Crippen molar-refractivity contribution in [2.45, 2.75) is 39.3 Å². The van der Waals surface area contributed by atoms with E-state index in [1.807, 2.05) is 32.6 Å². The second kappa shape index (κ2) is 7.75. The maximum Gasteiger partial charge on any atom is 0.410 e. The topological polar surface area (TPSA) is 84.6 Å². The van der Waals surface area contributed by atoms with Gasteiger partial charge in [0, 0.05) is 43.1 Å². The molecule has 1 saturated heterocycles. The highest BCUT2D eigenvalue weighted by molar-refractivity contribution is 6.31. The molecule has 158 valence electrons. The summed E-state index contributed by atoms with van der Waals surface area (Å²) in [5.41, 5.74) is 1.40. The first kappa shape index (κ1) is 20.4. The number of anilines is 1. The fourth-order valence-corrected chi connectivity index (χ4v) is 3.66. The van der Waals surface area contributed by atoms with E-state index >= 15 is 0 Å². The Morgan fingerprint density at radius 2 is 1.97 bits per heavy atom. The summed E-state index contributed by atoms with van der Waals surface area (Å²) in [6, 6.07) is 5.78. The maximum atomic E-state index is 12.4. The number of hydrogen-bond acceptors (Lipinski definition) is 7. The standard InChI is InChI=1S/C21H24ClN5O3/c1-13-12-26(20(28)30-21(2,3)4)8-9-27(13)19-25-16-11-14(22)10-15(17(16)29-19)18-23-6-5-7-24-18/h5-7,10-11,13H,8-9,12H2,1-4H3. The lowest BCUT2D eigenvalue weighted by molar-refractivity contribution is 0.0216. The molecule has 3 heterocycles. The number of benzene rings is 1. The van der Waals surface area contributed by atoms with Crippen LogP contribution in [-0.2, 0) is 4.74 Å². The van der Waals surface area contributed by atoms with E-state index < -0.39 is 5.60 Å². The highest BCUT2D eigenvalue weighted by Crippen LogP contribution is 2.34. The molecule has 2 aromatic heterocycles. The summed E-state index contributed by atoms with van der Waals surface area (Å²) in [7, 11) is 0. The van der Waals surface area contributed by atoms with Gasteiger partial charge in [-0.05, 0) is 45.9 Å². The van der Waals surface area contributed by atoms with Crippen LogP contribution in [0.3, 0.4) is 0 Å². The molecule has 3 aromatic rings. The molecule has 0 radical (unpaired) electrons. The van der Waals surface area contributed by atoms with Crippen molar-refractivity contribution in [2.24, 2.45) is 0 Å². The molecule has 1 aliphatic rings. The van der Waals surface area contributed by atoms with E-state index in [9.17, 15) is 4.79 Å². The first-order valence-electron chi connectivity index (χ1n) is 9.83. The van der Waals surface area contributed by atoms with Crippen molar-refractivity contribution in [1.29, 1.82) is 0 Å². The summed E-state index contributed by atoms with van der Waals surface area (Å²) in [6.07, 6.45) is 3.04. The molecule has 0 spiro atoms. The van der Waals surface area contributed by atoms with Crippen molar-refractivity contribution >= 4 is 34.8 Å². The summed E-state index contributed by atoms with van der Waals surface area (Å²) < 4.78 is 11.6. The zero-order chi connectivity index (χ0) is 21.5. The van der Waals surface area contributed by atoms with Crippen LogP contribution < -0.4 is 4.90 Å². The van der Waals surface area contributed by atoms with Crippen LogP contribution >= 0.6 is 11.6 Å². The highest BCUT2D eigenvalue weighted by atomic mass is 35.5. The summed E-state index contributed by atoms with van der Waals surface area (Å²) in [5, 5.41) is 0.535. The highest BCUT2D eigenvalue weighted by Gasteiger charge is 2.32. The summed E-state index contributed by atoms with van der Waals surface area (Å²) in [4.78, 5) is 29.4. The van der Waals surface area contributed by atoms with E-state index in [4.69, 9.17) is 20.8 Å². The molecule has 9 heteroatoms. The number of ether oxygens (including phenoxy) is 1. The molecule has 4 rings (SSSR count). The number of hydrogen-bond donors (Lipinski definition) is 0. The van der Waals surface area contributed by atoms with E-state index in [2.05, 4.69) is 15.0 Å². The fraction of sp³-hybridized carbons (Fsp3) is 0.429. The van der Waals surface area contributed by atoms with Crippen LogP contribution in [0.5, 0.6) is 0 Å². The molecule has 8 nitrogen and oxygen atoms in total. The number of carbonyl (C=O) groups is 1. The first-order valence-corrected chi connectivity index (χ1v) is 10.2. The lowest BCUT2D eigenvalue weighted by Crippen LogP contribution is -2.54. The van der Waals surface area contributed by atoms with Gasteiger partial charge in [0.05, 0.1) is 5.56 Å². The number of aromatic nitrogens is 3. The predicted molar refractivity (Wildman–Crippen MR) is 115 cm³/mol. The average Bonchev–Trinajstić information content (AvgIpc) is 3.10. The minimum absolute atomic E-state index is 0.00577. The average molecular weight is 430 g/mol. The van der Waals surface area contributed by atoms with Gasteiger partial charge in [0.25, 0.3) is 6.01 Å². The van der Waals surface area contributed by atoms with E-state index in [1.54, 1.807) is 35.5 Å². The molecule has 1 unspecified atom stereocenters. The Labute approximate surface area is 179 Å². The molecule has 1 aliphatic heterocycles. The number of piperazine rings is 1. The van der Waals surface area contributed by atoms with Crippen molar-refractivity contribution < 1.29 is 13.9 Å². The van der Waals surface area contributed by atoms with Gasteiger partial charge < -0.3 is 19.0 Å². The lowest BCUT2D eigenvalue weighted by atomic mass is 10.2. The van der Waals surface area contributed by atoms with Gasteiger partial charge >= 0.3 is 6.09 Å². The number of amides is 1. The third-order valence-electron chi connectivity index (χ3n) is 4.78. The van der Waals surface area contributed by atoms with E-state index in [-0.39, 0.29) is 12.1 Å². The summed E-state index contributed by atoms with van der Waals surface area (Å²) in [5.74, 6) is 0.524. The third-order valence-corrected chi connectivity index (χ3v) is 4.99. The molecular weight excluding hydrogens is 406 g/mol. The molecule has 1 fully saturated rings. The molecule has 0 N–H and O–H groups in total. The largest absolute Gasteiger partial charge is 0.444 e. The number of carbonyl (C=O) groups excluding carboxylic acids is 1. The van der Waals surface area contributed by atoms with Gasteiger partial charge in [-0.2, -0.15) is 4.98 Å². The van der Waals surface area contributed by atoms with Crippen LogP contribution in [0.1, 0.15) is 27.7 Å². The van der Waals surface area contributed by atoms with Crippen molar-refractivity contribution in [3.63, 3.8) is 0 Å². The fourth-order valence-electron chi connectivity index (χ4n) is 3.45. The first-order chi connectivity index (χ1) is 14.2. The van der Waals surface area contributed by atoms with Crippen molar-refractivity contribution in [2.75, 3.05) is 24.5 Å². The van der Waals surface area contributed by atoms with Crippen LogP contribution in [-0.4, -0.2) is 57.2 Å². The molecule has 30 heavy (non-hydrogen) atoms. The molecule has 0 aliphatic carbocycles. The monoisotopic (exact) mass is 429 g/mol. The predicted octanol–water partition coefficient (Wildman–Crippen LogP) is 4.38. The lowest BCUT2D eigenvalue weighted by Gasteiger charge is -2.39. The Balaban J connectivity index is 1.60. The zero-order valence-corrected chi connectivity index (χ0v) is 18.2. The number of rotatable bonds is 2. The van der Waals surface area contributed by atoms with Gasteiger partial charge in [-0.1, -0.05) is 11.6 Å². The smallest absolute Gasteiger partial charge is 0.410 e. The number of oxazole rings is 1. The van der Waals surface area contributed by atoms with Crippen molar-refractivity contribution in [1.82, 2.24) is 19.9 Å². The van der Waals surface area contributed by atoms with Crippen LogP contribution in [0.15, 0.2) is 35.0 Å². The molecule has 0 bridgehead atoms. The quantitative estimate of drug-likeness (QED) is 0.597. The Morgan fingerprint density at radius 1 is 1.23 bits per heavy atom. The van der Waals surface area contributed by atoms with E-state index in [0.29, 0.717) is 53.2 Å². The van der Waals surface area contributed by atoms with Crippen LogP contribution in [0.4, 0.5) is 10.8 Å². The third kappa shape index (κ3) is 4.18. The SMILES string of the molecule is CC1CN(C(=O)OC(C)(C)C)CCN1c1nc2cc(Cl)cc(-c3ncccn3)c2o1. The maximum absolute atomic E-state index is 12.4. The molecule has 0 saturated carbocycles. The van der Waals surface area contributed by atoms with Crippen molar-refractivity contribution in [3.8, 4) is 11.4 Å². The van der Waals surface area contributed by atoms with Gasteiger partial charge in [0.15, 0.2) is 11.4 Å². The zero-order valence-electron chi connectivity index (χ0n) is 17.4. The van der Waals surface area contributed by atoms with Gasteiger partial charge in [-0.25, -0.2) is 14.8 Å². The van der Waals surface area contributed by atoms with Crippen LogP contribution in [0.25, 0.3) is 22.5 Å². The Kier molecular flexibility index (Phi) is 5.27. The Morgan fingerprint density at radius 3 is 2.63 bits per heavy atom. The van der Waals surface area contributed by atoms with Crippen LogP contribution in [0, 0.1) is 0 Å². The van der Waals surface area contributed by atoms with Gasteiger partial charge in [-0.15, -0.1) is 0 Å². The van der Waals surface area contributed by atoms with E-state index in [1.165, 1.54) is 0 Å². The molecule has 1 aromatic carbocycles.